The molecule has 1 N–H and O–H groups in total. The molecule has 110 valence electrons. The summed E-state index contributed by atoms with van der Waals surface area (Å²) in [5, 5.41) is 7.05. The molecule has 0 aromatic carbocycles. The SMILES string of the molecule is Cc1cccc(NC(=O)N2CCC(c3cnn(C)c3)C2)n1. The van der Waals surface area contributed by atoms with Gasteiger partial charge in [-0.2, -0.15) is 5.10 Å². The average molecular weight is 285 g/mol. The van der Waals surface area contributed by atoms with Gasteiger partial charge in [0.25, 0.3) is 0 Å². The highest BCUT2D eigenvalue weighted by molar-refractivity contribution is 5.88. The maximum Gasteiger partial charge on any atom is 0.323 e. The number of pyridine rings is 1. The number of carbonyl (C=O) groups is 1. The Morgan fingerprint density at radius 2 is 2.29 bits per heavy atom. The predicted octanol–water partition coefficient (Wildman–Crippen LogP) is 2.14. The van der Waals surface area contributed by atoms with Crippen LogP contribution in [-0.2, 0) is 7.05 Å². The van der Waals surface area contributed by atoms with E-state index >= 15 is 0 Å². The summed E-state index contributed by atoms with van der Waals surface area (Å²) in [7, 11) is 1.91. The Balaban J connectivity index is 1.62. The van der Waals surface area contributed by atoms with Crippen LogP contribution in [-0.4, -0.2) is 38.8 Å². The molecule has 2 aromatic rings. The van der Waals surface area contributed by atoms with Crippen molar-refractivity contribution in [2.45, 2.75) is 19.3 Å². The van der Waals surface area contributed by atoms with E-state index in [0.29, 0.717) is 11.7 Å². The van der Waals surface area contributed by atoms with Crippen LogP contribution in [0.15, 0.2) is 30.6 Å². The zero-order valence-electron chi connectivity index (χ0n) is 12.3. The molecule has 1 saturated heterocycles. The van der Waals surface area contributed by atoms with Gasteiger partial charge in [-0.15, -0.1) is 0 Å². The first-order valence-electron chi connectivity index (χ1n) is 7.10. The summed E-state index contributed by atoms with van der Waals surface area (Å²) in [5.74, 6) is 0.972. The van der Waals surface area contributed by atoms with E-state index in [2.05, 4.69) is 15.4 Å². The molecule has 0 aliphatic carbocycles. The van der Waals surface area contributed by atoms with Gasteiger partial charge in [0.15, 0.2) is 0 Å². The van der Waals surface area contributed by atoms with E-state index in [1.54, 1.807) is 10.7 Å². The molecule has 6 heteroatoms. The number of hydrogen-bond donors (Lipinski definition) is 1. The Labute approximate surface area is 123 Å². The fraction of sp³-hybridized carbons (Fsp3) is 0.400. The van der Waals surface area contributed by atoms with Gasteiger partial charge in [0, 0.05) is 37.9 Å². The molecule has 2 aromatic heterocycles. The molecule has 3 rings (SSSR count). The number of rotatable bonds is 2. The fourth-order valence-corrected chi connectivity index (χ4v) is 2.67. The van der Waals surface area contributed by atoms with Gasteiger partial charge in [0.2, 0.25) is 0 Å². The minimum Gasteiger partial charge on any atom is -0.324 e. The molecule has 2 amide bonds. The van der Waals surface area contributed by atoms with E-state index in [1.807, 2.05) is 43.4 Å². The molecular formula is C15H19N5O. The summed E-state index contributed by atoms with van der Waals surface area (Å²) in [6.45, 7) is 3.39. The molecule has 6 nitrogen and oxygen atoms in total. The summed E-state index contributed by atoms with van der Waals surface area (Å²) in [4.78, 5) is 18.4. The molecule has 0 bridgehead atoms. The summed E-state index contributed by atoms with van der Waals surface area (Å²) >= 11 is 0. The zero-order chi connectivity index (χ0) is 14.8. The van der Waals surface area contributed by atoms with E-state index < -0.39 is 0 Å². The number of likely N-dealkylation sites (tertiary alicyclic amines) is 1. The van der Waals surface area contributed by atoms with Crippen molar-refractivity contribution >= 4 is 11.8 Å². The lowest BCUT2D eigenvalue weighted by Gasteiger charge is -2.17. The second-order valence-corrected chi connectivity index (χ2v) is 5.47. The number of hydrogen-bond acceptors (Lipinski definition) is 3. The van der Waals surface area contributed by atoms with Crippen LogP contribution in [0.4, 0.5) is 10.6 Å². The predicted molar refractivity (Wildman–Crippen MR) is 80.1 cm³/mol. The lowest BCUT2D eigenvalue weighted by Crippen LogP contribution is -2.33. The van der Waals surface area contributed by atoms with Crippen molar-refractivity contribution in [3.63, 3.8) is 0 Å². The number of anilines is 1. The monoisotopic (exact) mass is 285 g/mol. The Morgan fingerprint density at radius 1 is 1.43 bits per heavy atom. The highest BCUT2D eigenvalue weighted by Gasteiger charge is 2.28. The third-order valence-electron chi connectivity index (χ3n) is 3.80. The van der Waals surface area contributed by atoms with Crippen LogP contribution in [0, 0.1) is 6.92 Å². The zero-order valence-corrected chi connectivity index (χ0v) is 12.3. The third kappa shape index (κ3) is 3.04. The van der Waals surface area contributed by atoms with Crippen LogP contribution in [0.25, 0.3) is 0 Å². The third-order valence-corrected chi connectivity index (χ3v) is 3.80. The van der Waals surface area contributed by atoms with Crippen molar-refractivity contribution in [1.82, 2.24) is 19.7 Å². The van der Waals surface area contributed by atoms with Gasteiger partial charge in [0.05, 0.1) is 6.20 Å². The van der Waals surface area contributed by atoms with Crippen LogP contribution < -0.4 is 5.32 Å². The van der Waals surface area contributed by atoms with Crippen LogP contribution in [0.2, 0.25) is 0 Å². The molecule has 1 aliphatic heterocycles. The topological polar surface area (TPSA) is 63.1 Å². The minimum atomic E-state index is -0.0838. The maximum atomic E-state index is 12.3. The molecule has 0 saturated carbocycles. The van der Waals surface area contributed by atoms with Crippen LogP contribution in [0.5, 0.6) is 0 Å². The molecule has 1 atom stereocenters. The number of nitrogens with one attached hydrogen (secondary N) is 1. The normalized spacial score (nSPS) is 18.0. The second-order valence-electron chi connectivity index (χ2n) is 5.47. The van der Waals surface area contributed by atoms with Crippen LogP contribution >= 0.6 is 0 Å². The molecule has 0 radical (unpaired) electrons. The minimum absolute atomic E-state index is 0.0838. The fourth-order valence-electron chi connectivity index (χ4n) is 2.67. The van der Waals surface area contributed by atoms with Crippen molar-refractivity contribution in [1.29, 1.82) is 0 Å². The summed E-state index contributed by atoms with van der Waals surface area (Å²) < 4.78 is 1.80. The quantitative estimate of drug-likeness (QED) is 0.919. The maximum absolute atomic E-state index is 12.3. The Hall–Kier alpha value is -2.37. The Kier molecular flexibility index (Phi) is 3.60. The van der Waals surface area contributed by atoms with E-state index in [1.165, 1.54) is 5.56 Å². The summed E-state index contributed by atoms with van der Waals surface area (Å²) in [6, 6.07) is 5.52. The molecule has 21 heavy (non-hydrogen) atoms. The van der Waals surface area contributed by atoms with Gasteiger partial charge in [0.1, 0.15) is 5.82 Å². The van der Waals surface area contributed by atoms with Crippen LogP contribution in [0.3, 0.4) is 0 Å². The molecule has 3 heterocycles. The van der Waals surface area contributed by atoms with E-state index in [0.717, 1.165) is 25.2 Å². The van der Waals surface area contributed by atoms with Crippen molar-refractivity contribution in [2.24, 2.45) is 7.05 Å². The molecule has 1 aliphatic rings. The number of amides is 2. The standard InChI is InChI=1S/C15H19N5O/c1-11-4-3-5-14(17-11)18-15(21)20-7-6-12(10-20)13-8-16-19(2)9-13/h3-5,8-9,12H,6-7,10H2,1-2H3,(H,17,18,21). The first-order chi connectivity index (χ1) is 10.1. The van der Waals surface area contributed by atoms with Crippen molar-refractivity contribution < 1.29 is 4.79 Å². The van der Waals surface area contributed by atoms with Crippen LogP contribution in [0.1, 0.15) is 23.6 Å². The number of urea groups is 1. The number of carbonyl (C=O) groups excluding carboxylic acids is 1. The lowest BCUT2D eigenvalue weighted by molar-refractivity contribution is 0.222. The number of nitrogens with zero attached hydrogens (tertiary/aromatic N) is 4. The first-order valence-corrected chi connectivity index (χ1v) is 7.10. The average Bonchev–Trinajstić information content (AvgIpc) is 3.07. The Bertz CT molecular complexity index is 651. The summed E-state index contributed by atoms with van der Waals surface area (Å²) in [5.41, 5.74) is 2.09. The van der Waals surface area contributed by atoms with Crippen molar-refractivity contribution in [3.8, 4) is 0 Å². The molecule has 1 unspecified atom stereocenters. The number of aromatic nitrogens is 3. The van der Waals surface area contributed by atoms with E-state index in [4.69, 9.17) is 0 Å². The van der Waals surface area contributed by atoms with Crippen molar-refractivity contribution in [3.05, 3.63) is 41.9 Å². The molecule has 0 spiro atoms. The molecular weight excluding hydrogens is 266 g/mol. The van der Waals surface area contributed by atoms with Gasteiger partial charge in [-0.3, -0.25) is 10.00 Å². The second kappa shape index (κ2) is 5.55. The van der Waals surface area contributed by atoms with Crippen molar-refractivity contribution in [2.75, 3.05) is 18.4 Å². The first kappa shape index (κ1) is 13.6. The Morgan fingerprint density at radius 3 is 3.00 bits per heavy atom. The van der Waals surface area contributed by atoms with E-state index in [-0.39, 0.29) is 6.03 Å². The van der Waals surface area contributed by atoms with Gasteiger partial charge < -0.3 is 4.90 Å². The largest absolute Gasteiger partial charge is 0.324 e. The van der Waals surface area contributed by atoms with Gasteiger partial charge in [-0.25, -0.2) is 9.78 Å². The summed E-state index contributed by atoms with van der Waals surface area (Å²) in [6.07, 6.45) is 4.88. The smallest absolute Gasteiger partial charge is 0.323 e. The van der Waals surface area contributed by atoms with Gasteiger partial charge in [-0.1, -0.05) is 6.07 Å². The van der Waals surface area contributed by atoms with Gasteiger partial charge in [-0.05, 0) is 31.0 Å². The number of aryl methyl sites for hydroxylation is 2. The van der Waals surface area contributed by atoms with Gasteiger partial charge >= 0.3 is 6.03 Å². The highest BCUT2D eigenvalue weighted by atomic mass is 16.2. The molecule has 1 fully saturated rings. The van der Waals surface area contributed by atoms with E-state index in [9.17, 15) is 4.79 Å². The highest BCUT2D eigenvalue weighted by Crippen LogP contribution is 2.27. The lowest BCUT2D eigenvalue weighted by atomic mass is 10.0.